The molecule has 1 rings (SSSR count). The fourth-order valence-electron chi connectivity index (χ4n) is 1.64. The number of carbonyl (C=O) groups is 1. The molecule has 5 nitrogen and oxygen atoms in total. The van der Waals surface area contributed by atoms with Crippen LogP contribution in [0.4, 0.5) is 0 Å². The Morgan fingerprint density at radius 2 is 2.11 bits per heavy atom. The summed E-state index contributed by atoms with van der Waals surface area (Å²) in [6.45, 7) is 6.49. The van der Waals surface area contributed by atoms with Crippen LogP contribution in [-0.2, 0) is 11.3 Å². The topological polar surface area (TPSA) is 87.7 Å². The van der Waals surface area contributed by atoms with E-state index in [1.54, 1.807) is 18.2 Å². The van der Waals surface area contributed by atoms with E-state index < -0.39 is 0 Å². The number of amidine groups is 1. The molecule has 5 heteroatoms. The molecule has 19 heavy (non-hydrogen) atoms. The standard InChI is InChI=1S/C14H21N3O2/c1-14(2,3)8-12(18)16-9-10-5-4-6-11(7-10)13(15)17-19/h4-7,19H,8-9H2,1-3H3,(H2,15,17)(H,16,18). The van der Waals surface area contributed by atoms with E-state index in [2.05, 4.69) is 10.5 Å². The minimum absolute atomic E-state index is 0.0155. The Labute approximate surface area is 113 Å². The minimum Gasteiger partial charge on any atom is -0.409 e. The summed E-state index contributed by atoms with van der Waals surface area (Å²) in [5.41, 5.74) is 7.03. The molecule has 0 unspecified atom stereocenters. The van der Waals surface area contributed by atoms with Gasteiger partial charge in [0.25, 0.3) is 0 Å². The SMILES string of the molecule is CC(C)(C)CC(=O)NCc1cccc(C(N)=NO)c1. The van der Waals surface area contributed by atoms with E-state index in [1.807, 2.05) is 26.8 Å². The quantitative estimate of drug-likeness (QED) is 0.335. The van der Waals surface area contributed by atoms with Crippen molar-refractivity contribution in [1.82, 2.24) is 5.32 Å². The highest BCUT2D eigenvalue weighted by Gasteiger charge is 2.15. The van der Waals surface area contributed by atoms with Gasteiger partial charge in [0, 0.05) is 18.5 Å². The fourth-order valence-corrected chi connectivity index (χ4v) is 1.64. The smallest absolute Gasteiger partial charge is 0.220 e. The largest absolute Gasteiger partial charge is 0.409 e. The van der Waals surface area contributed by atoms with E-state index in [1.165, 1.54) is 0 Å². The van der Waals surface area contributed by atoms with Gasteiger partial charge in [-0.05, 0) is 17.0 Å². The van der Waals surface area contributed by atoms with Crippen molar-refractivity contribution in [3.05, 3.63) is 35.4 Å². The van der Waals surface area contributed by atoms with Crippen molar-refractivity contribution in [2.24, 2.45) is 16.3 Å². The second kappa shape index (κ2) is 6.22. The number of nitrogens with zero attached hydrogens (tertiary/aromatic N) is 1. The highest BCUT2D eigenvalue weighted by Crippen LogP contribution is 2.17. The molecule has 0 spiro atoms. The summed E-state index contributed by atoms with van der Waals surface area (Å²) in [7, 11) is 0. The van der Waals surface area contributed by atoms with Crippen LogP contribution in [0.25, 0.3) is 0 Å². The van der Waals surface area contributed by atoms with Crippen LogP contribution in [-0.4, -0.2) is 17.0 Å². The van der Waals surface area contributed by atoms with Crippen molar-refractivity contribution in [3.8, 4) is 0 Å². The first kappa shape index (κ1) is 15.0. The molecule has 0 bridgehead atoms. The molecule has 0 radical (unpaired) electrons. The second-order valence-corrected chi connectivity index (χ2v) is 5.70. The van der Waals surface area contributed by atoms with Gasteiger partial charge in [0.1, 0.15) is 0 Å². The highest BCUT2D eigenvalue weighted by molar-refractivity contribution is 5.97. The molecule has 0 heterocycles. The molecular formula is C14H21N3O2. The molecule has 0 aromatic heterocycles. The van der Waals surface area contributed by atoms with Gasteiger partial charge in [-0.15, -0.1) is 0 Å². The van der Waals surface area contributed by atoms with Crippen LogP contribution < -0.4 is 11.1 Å². The molecule has 4 N–H and O–H groups in total. The third kappa shape index (κ3) is 5.42. The van der Waals surface area contributed by atoms with E-state index in [0.29, 0.717) is 18.5 Å². The van der Waals surface area contributed by atoms with Crippen LogP contribution in [0.15, 0.2) is 29.4 Å². The van der Waals surface area contributed by atoms with Crippen molar-refractivity contribution in [2.75, 3.05) is 0 Å². The van der Waals surface area contributed by atoms with Crippen molar-refractivity contribution in [3.63, 3.8) is 0 Å². The number of carbonyl (C=O) groups excluding carboxylic acids is 1. The van der Waals surface area contributed by atoms with Crippen LogP contribution in [0.5, 0.6) is 0 Å². The van der Waals surface area contributed by atoms with Gasteiger partial charge in [-0.25, -0.2) is 0 Å². The Balaban J connectivity index is 2.61. The summed E-state index contributed by atoms with van der Waals surface area (Å²) in [5, 5.41) is 14.4. The molecule has 0 fully saturated rings. The molecule has 1 amide bonds. The number of rotatable bonds is 4. The lowest BCUT2D eigenvalue weighted by atomic mass is 9.92. The van der Waals surface area contributed by atoms with Crippen LogP contribution in [0, 0.1) is 5.41 Å². The van der Waals surface area contributed by atoms with E-state index >= 15 is 0 Å². The lowest BCUT2D eigenvalue weighted by Crippen LogP contribution is -2.27. The molecule has 0 aliphatic carbocycles. The maximum atomic E-state index is 11.7. The number of nitrogens with two attached hydrogens (primary N) is 1. The molecule has 1 aromatic carbocycles. The van der Waals surface area contributed by atoms with Gasteiger partial charge < -0.3 is 16.3 Å². The number of nitrogens with one attached hydrogen (secondary N) is 1. The van der Waals surface area contributed by atoms with Gasteiger partial charge in [-0.2, -0.15) is 0 Å². The Kier molecular flexibility index (Phi) is 4.92. The highest BCUT2D eigenvalue weighted by atomic mass is 16.4. The van der Waals surface area contributed by atoms with Crippen molar-refractivity contribution in [1.29, 1.82) is 0 Å². The lowest BCUT2D eigenvalue weighted by molar-refractivity contribution is -0.122. The number of amides is 1. The summed E-state index contributed by atoms with van der Waals surface area (Å²) in [6, 6.07) is 7.21. The summed E-state index contributed by atoms with van der Waals surface area (Å²) in [6.07, 6.45) is 0.479. The molecular weight excluding hydrogens is 242 g/mol. The summed E-state index contributed by atoms with van der Waals surface area (Å²) < 4.78 is 0. The monoisotopic (exact) mass is 263 g/mol. The Bertz CT molecular complexity index is 476. The van der Waals surface area contributed by atoms with E-state index in [4.69, 9.17) is 10.9 Å². The molecule has 0 saturated heterocycles. The van der Waals surface area contributed by atoms with E-state index in [0.717, 1.165) is 5.56 Å². The summed E-state index contributed by atoms with van der Waals surface area (Å²) in [5.74, 6) is 0.0737. The van der Waals surface area contributed by atoms with Gasteiger partial charge in [0.15, 0.2) is 5.84 Å². The van der Waals surface area contributed by atoms with Crippen LogP contribution >= 0.6 is 0 Å². The normalized spacial score (nSPS) is 12.3. The first-order valence-electron chi connectivity index (χ1n) is 6.15. The van der Waals surface area contributed by atoms with Crippen molar-refractivity contribution in [2.45, 2.75) is 33.7 Å². The summed E-state index contributed by atoms with van der Waals surface area (Å²) in [4.78, 5) is 11.7. The Hall–Kier alpha value is -2.04. The van der Waals surface area contributed by atoms with E-state index in [-0.39, 0.29) is 17.2 Å². The average Bonchev–Trinajstić information content (AvgIpc) is 2.34. The third-order valence-electron chi connectivity index (χ3n) is 2.51. The number of hydrogen-bond donors (Lipinski definition) is 3. The van der Waals surface area contributed by atoms with Gasteiger partial charge in [-0.3, -0.25) is 4.79 Å². The second-order valence-electron chi connectivity index (χ2n) is 5.70. The zero-order valence-corrected chi connectivity index (χ0v) is 11.6. The lowest BCUT2D eigenvalue weighted by Gasteiger charge is -2.17. The van der Waals surface area contributed by atoms with Crippen LogP contribution in [0.3, 0.4) is 0 Å². The molecule has 0 atom stereocenters. The van der Waals surface area contributed by atoms with E-state index in [9.17, 15) is 4.79 Å². The van der Waals surface area contributed by atoms with Crippen molar-refractivity contribution >= 4 is 11.7 Å². The first-order chi connectivity index (χ1) is 8.81. The summed E-state index contributed by atoms with van der Waals surface area (Å²) >= 11 is 0. The third-order valence-corrected chi connectivity index (χ3v) is 2.51. The molecule has 1 aromatic rings. The minimum atomic E-state index is -0.0279. The number of oxime groups is 1. The van der Waals surface area contributed by atoms with Gasteiger partial charge in [0.05, 0.1) is 0 Å². The van der Waals surface area contributed by atoms with Gasteiger partial charge in [-0.1, -0.05) is 44.1 Å². The van der Waals surface area contributed by atoms with Crippen molar-refractivity contribution < 1.29 is 10.0 Å². The molecule has 0 saturated carbocycles. The van der Waals surface area contributed by atoms with Gasteiger partial charge in [0.2, 0.25) is 5.91 Å². The van der Waals surface area contributed by atoms with Gasteiger partial charge >= 0.3 is 0 Å². The predicted octanol–water partition coefficient (Wildman–Crippen LogP) is 1.83. The fraction of sp³-hybridized carbons (Fsp3) is 0.429. The zero-order valence-electron chi connectivity index (χ0n) is 11.6. The Morgan fingerprint density at radius 1 is 1.42 bits per heavy atom. The molecule has 104 valence electrons. The molecule has 0 aliphatic heterocycles. The maximum absolute atomic E-state index is 11.7. The zero-order chi connectivity index (χ0) is 14.5. The first-order valence-corrected chi connectivity index (χ1v) is 6.15. The Morgan fingerprint density at radius 3 is 2.68 bits per heavy atom. The van der Waals surface area contributed by atoms with Crippen LogP contribution in [0.1, 0.15) is 38.3 Å². The average molecular weight is 263 g/mol. The molecule has 0 aliphatic rings. The maximum Gasteiger partial charge on any atom is 0.220 e. The predicted molar refractivity (Wildman–Crippen MR) is 74.9 cm³/mol. The van der Waals surface area contributed by atoms with Crippen LogP contribution in [0.2, 0.25) is 0 Å². The number of benzene rings is 1. The number of hydrogen-bond acceptors (Lipinski definition) is 3.